The van der Waals surface area contributed by atoms with Crippen molar-refractivity contribution in [1.82, 2.24) is 4.98 Å². The Morgan fingerprint density at radius 2 is 1.87 bits per heavy atom. The predicted molar refractivity (Wildman–Crippen MR) is 115 cm³/mol. The van der Waals surface area contributed by atoms with Gasteiger partial charge in [0.2, 0.25) is 10.0 Å². The fraction of sp³-hybridized carbons (Fsp3) is 0.182. The van der Waals surface area contributed by atoms with Crippen molar-refractivity contribution in [2.75, 3.05) is 16.3 Å². The van der Waals surface area contributed by atoms with E-state index in [1.165, 1.54) is 12.1 Å². The maximum absolute atomic E-state index is 14.3. The smallest absolute Gasteiger partial charge is 0.294 e. The number of amides is 2. The molecule has 5 rings (SSSR count). The van der Waals surface area contributed by atoms with Crippen LogP contribution in [0, 0.1) is 5.82 Å². The molecule has 0 radical (unpaired) electrons. The van der Waals surface area contributed by atoms with Gasteiger partial charge in [-0.25, -0.2) is 22.7 Å². The molecule has 2 aliphatic heterocycles. The highest BCUT2D eigenvalue weighted by Crippen LogP contribution is 2.40. The van der Waals surface area contributed by atoms with Crippen LogP contribution < -0.4 is 14.9 Å². The highest BCUT2D eigenvalue weighted by Gasteiger charge is 2.41. The normalized spacial score (nSPS) is 18.1. The molecule has 9 heteroatoms. The predicted octanol–water partition coefficient (Wildman–Crippen LogP) is 3.30. The first-order chi connectivity index (χ1) is 14.8. The van der Waals surface area contributed by atoms with Gasteiger partial charge in [0.1, 0.15) is 10.7 Å². The second-order valence-corrected chi connectivity index (χ2v) is 9.20. The van der Waals surface area contributed by atoms with E-state index >= 15 is 0 Å². The summed E-state index contributed by atoms with van der Waals surface area (Å²) in [5.74, 6) is -0.893. The van der Waals surface area contributed by atoms with Crippen LogP contribution in [-0.2, 0) is 16.4 Å². The lowest BCUT2D eigenvalue weighted by molar-refractivity contribution is 0.245. The molecular formula is C22H19FN4O3S. The van der Waals surface area contributed by atoms with Crippen molar-refractivity contribution in [3.8, 4) is 11.3 Å². The largest absolute Gasteiger partial charge is 0.329 e. The fourth-order valence-corrected chi connectivity index (χ4v) is 4.92. The number of pyridine rings is 1. The summed E-state index contributed by atoms with van der Waals surface area (Å²) in [6.07, 6.45) is 2.88. The van der Waals surface area contributed by atoms with Gasteiger partial charge in [0.15, 0.2) is 0 Å². The van der Waals surface area contributed by atoms with E-state index in [2.05, 4.69) is 4.98 Å². The molecule has 3 heterocycles. The molecule has 2 aromatic carbocycles. The van der Waals surface area contributed by atoms with Crippen molar-refractivity contribution in [2.24, 2.45) is 5.14 Å². The molecule has 0 saturated carbocycles. The summed E-state index contributed by atoms with van der Waals surface area (Å²) in [5, 5.41) is 5.15. The quantitative estimate of drug-likeness (QED) is 0.679. The second kappa shape index (κ2) is 7.14. The Kier molecular flexibility index (Phi) is 4.53. The third-order valence-electron chi connectivity index (χ3n) is 5.78. The summed E-state index contributed by atoms with van der Waals surface area (Å²) < 4.78 is 37.8. The van der Waals surface area contributed by atoms with Crippen molar-refractivity contribution in [2.45, 2.75) is 23.8 Å². The number of sulfonamides is 1. The van der Waals surface area contributed by atoms with Gasteiger partial charge in [-0.15, -0.1) is 0 Å². The Bertz CT molecular complexity index is 1280. The first-order valence-corrected chi connectivity index (χ1v) is 11.3. The number of urea groups is 1. The molecule has 1 aromatic heterocycles. The lowest BCUT2D eigenvalue weighted by Crippen LogP contribution is -2.53. The van der Waals surface area contributed by atoms with Gasteiger partial charge in [-0.3, -0.25) is 14.8 Å². The Morgan fingerprint density at radius 3 is 2.55 bits per heavy atom. The Morgan fingerprint density at radius 1 is 1.10 bits per heavy atom. The van der Waals surface area contributed by atoms with Gasteiger partial charge < -0.3 is 0 Å². The number of anilines is 2. The minimum absolute atomic E-state index is 0.137. The number of fused-ring (bicyclic) bond motifs is 3. The van der Waals surface area contributed by atoms with E-state index in [-0.39, 0.29) is 12.1 Å². The molecule has 31 heavy (non-hydrogen) atoms. The average molecular weight is 438 g/mol. The maximum Gasteiger partial charge on any atom is 0.329 e. The molecule has 0 spiro atoms. The Balaban J connectivity index is 1.47. The van der Waals surface area contributed by atoms with E-state index in [0.717, 1.165) is 16.9 Å². The maximum atomic E-state index is 14.3. The zero-order valence-electron chi connectivity index (χ0n) is 16.4. The monoisotopic (exact) mass is 438 g/mol. The average Bonchev–Trinajstić information content (AvgIpc) is 3.11. The van der Waals surface area contributed by atoms with Crippen molar-refractivity contribution in [3.63, 3.8) is 0 Å². The number of aromatic nitrogens is 1. The summed E-state index contributed by atoms with van der Waals surface area (Å²) in [4.78, 5) is 20.3. The lowest BCUT2D eigenvalue weighted by atomic mass is 10.1. The van der Waals surface area contributed by atoms with Gasteiger partial charge in [0.25, 0.3) is 0 Å². The topological polar surface area (TPSA) is 96.6 Å². The van der Waals surface area contributed by atoms with Crippen LogP contribution in [0.3, 0.4) is 0 Å². The molecule has 0 aliphatic carbocycles. The number of carbonyl (C=O) groups is 1. The molecule has 2 amide bonds. The van der Waals surface area contributed by atoms with Crippen LogP contribution in [0.5, 0.6) is 0 Å². The van der Waals surface area contributed by atoms with Crippen molar-refractivity contribution >= 4 is 27.4 Å². The molecule has 7 nitrogen and oxygen atoms in total. The molecule has 3 aromatic rings. The first-order valence-electron chi connectivity index (χ1n) is 9.80. The number of carbonyl (C=O) groups excluding carboxylic acids is 1. The van der Waals surface area contributed by atoms with E-state index in [1.807, 2.05) is 42.5 Å². The number of primary sulfonamides is 1. The lowest BCUT2D eigenvalue weighted by Gasteiger charge is -2.38. The summed E-state index contributed by atoms with van der Waals surface area (Å²) in [7, 11) is -4.24. The Hall–Kier alpha value is -3.30. The zero-order chi connectivity index (χ0) is 21.8. The molecule has 0 bridgehead atoms. The zero-order valence-corrected chi connectivity index (χ0v) is 17.2. The van der Waals surface area contributed by atoms with Crippen molar-refractivity contribution < 1.29 is 17.6 Å². The third-order valence-corrected chi connectivity index (χ3v) is 6.71. The van der Waals surface area contributed by atoms with Crippen LogP contribution in [0.25, 0.3) is 11.3 Å². The van der Waals surface area contributed by atoms with E-state index in [1.54, 1.807) is 16.0 Å². The number of hydrogen-bond donors (Lipinski definition) is 1. The SMILES string of the molecule is NS(=O)(=O)c1cc2c(cc1F)C[C@H]1CCN(c3ccc(-c4ccccn4)cc3)C(=O)N21. The van der Waals surface area contributed by atoms with E-state index in [4.69, 9.17) is 5.14 Å². The number of benzene rings is 2. The van der Waals surface area contributed by atoms with Crippen LogP contribution >= 0.6 is 0 Å². The molecule has 1 fully saturated rings. The molecule has 1 saturated heterocycles. The summed E-state index contributed by atoms with van der Waals surface area (Å²) in [6, 6.07) is 15.1. The molecule has 2 aliphatic rings. The van der Waals surface area contributed by atoms with Crippen molar-refractivity contribution in [3.05, 3.63) is 72.2 Å². The van der Waals surface area contributed by atoms with Crippen LogP contribution in [0.15, 0.2) is 65.7 Å². The molecule has 1 atom stereocenters. The van der Waals surface area contributed by atoms with Gasteiger partial charge in [0.05, 0.1) is 11.4 Å². The second-order valence-electron chi connectivity index (χ2n) is 7.67. The number of nitrogens with two attached hydrogens (primary N) is 1. The molecule has 0 unspecified atom stereocenters. The summed E-state index contributed by atoms with van der Waals surface area (Å²) >= 11 is 0. The summed E-state index contributed by atoms with van der Waals surface area (Å²) in [5.41, 5.74) is 3.51. The highest BCUT2D eigenvalue weighted by molar-refractivity contribution is 7.89. The van der Waals surface area contributed by atoms with Crippen LogP contribution in [-0.4, -0.2) is 32.0 Å². The van der Waals surface area contributed by atoms with Gasteiger partial charge in [-0.1, -0.05) is 18.2 Å². The van der Waals surface area contributed by atoms with Crippen molar-refractivity contribution in [1.29, 1.82) is 0 Å². The van der Waals surface area contributed by atoms with E-state index in [9.17, 15) is 17.6 Å². The number of halogens is 1. The van der Waals surface area contributed by atoms with E-state index in [0.29, 0.717) is 30.6 Å². The fourth-order valence-electron chi connectivity index (χ4n) is 4.31. The standard InChI is InChI=1S/C22H19FN4O3S/c23-18-12-15-11-17-8-10-26(22(28)27(17)20(15)13-21(18)31(24,29)30)16-6-4-14(5-7-16)19-3-1-2-9-25-19/h1-7,9,12-13,17H,8,10-11H2,(H2,24,29,30)/t17-/m1/s1. The van der Waals surface area contributed by atoms with Crippen LogP contribution in [0.1, 0.15) is 12.0 Å². The third kappa shape index (κ3) is 3.35. The number of nitrogens with zero attached hydrogens (tertiary/aromatic N) is 3. The molecule has 158 valence electrons. The van der Waals surface area contributed by atoms with Gasteiger partial charge in [0, 0.05) is 30.0 Å². The van der Waals surface area contributed by atoms with Crippen LogP contribution in [0.4, 0.5) is 20.6 Å². The number of rotatable bonds is 3. The Labute approximate surface area is 179 Å². The van der Waals surface area contributed by atoms with Gasteiger partial charge >= 0.3 is 6.03 Å². The minimum atomic E-state index is -4.24. The molecular weight excluding hydrogens is 419 g/mol. The van der Waals surface area contributed by atoms with Gasteiger partial charge in [-0.05, 0) is 54.8 Å². The first kappa shape index (κ1) is 19.7. The highest BCUT2D eigenvalue weighted by atomic mass is 32.2. The minimum Gasteiger partial charge on any atom is -0.294 e. The van der Waals surface area contributed by atoms with Gasteiger partial charge in [-0.2, -0.15) is 0 Å². The number of hydrogen-bond acceptors (Lipinski definition) is 4. The van der Waals surface area contributed by atoms with E-state index < -0.39 is 20.7 Å². The molecule has 2 N–H and O–H groups in total. The summed E-state index contributed by atoms with van der Waals surface area (Å²) in [6.45, 7) is 0.515. The van der Waals surface area contributed by atoms with Crippen LogP contribution in [0.2, 0.25) is 0 Å².